The van der Waals surface area contributed by atoms with E-state index in [0.717, 1.165) is 28.3 Å². The van der Waals surface area contributed by atoms with Gasteiger partial charge in [-0.3, -0.25) is 9.69 Å². The minimum absolute atomic E-state index is 0.0184. The second kappa shape index (κ2) is 11.7. The molecule has 226 valence electrons. The third-order valence-electron chi connectivity index (χ3n) is 7.73. The fourth-order valence-electron chi connectivity index (χ4n) is 5.57. The van der Waals surface area contributed by atoms with Crippen molar-refractivity contribution in [2.45, 2.75) is 69.0 Å². The molecule has 0 aliphatic carbocycles. The average molecular weight is 626 g/mol. The number of amides is 1. The van der Waals surface area contributed by atoms with Crippen molar-refractivity contribution in [1.82, 2.24) is 15.2 Å². The van der Waals surface area contributed by atoms with Gasteiger partial charge in [0.2, 0.25) is 0 Å². The number of piperidine rings is 1. The standard InChI is InChI=1S/C29H31F4N3O4S2/c1-3-42(38,39)22-6-4-19(5-7-22)15-35-27(37)24-14-21-12-18(2)40-28(26(21)41-24)8-10-36(11-9-28)17-20-13-23(30)25(34-16-20)29(31,32)33/h4-7,13-14,16,18H,3,8-12,15,17H2,1-2H3,(H,35,37)/t18-/m1/s1. The van der Waals surface area contributed by atoms with Crippen LogP contribution in [0.15, 0.2) is 47.5 Å². The first-order valence-corrected chi connectivity index (χ1v) is 16.1. The van der Waals surface area contributed by atoms with E-state index in [1.807, 2.05) is 17.9 Å². The lowest BCUT2D eigenvalue weighted by Crippen LogP contribution is -2.47. The summed E-state index contributed by atoms with van der Waals surface area (Å²) in [5.41, 5.74) is 0.131. The number of halogens is 4. The fraction of sp³-hybridized carbons (Fsp3) is 0.448. The molecule has 2 aliphatic heterocycles. The summed E-state index contributed by atoms with van der Waals surface area (Å²) in [5.74, 6) is -1.59. The minimum atomic E-state index is -4.84. The fourth-order valence-corrected chi connectivity index (χ4v) is 7.75. The largest absolute Gasteiger partial charge is 0.436 e. The first-order chi connectivity index (χ1) is 19.8. The third kappa shape index (κ3) is 6.38. The van der Waals surface area contributed by atoms with Crippen LogP contribution in [0.2, 0.25) is 0 Å². The first-order valence-electron chi connectivity index (χ1n) is 13.6. The number of sulfone groups is 1. The lowest BCUT2D eigenvalue weighted by Gasteiger charge is -2.45. The number of nitrogens with zero attached hydrogens (tertiary/aromatic N) is 2. The average Bonchev–Trinajstić information content (AvgIpc) is 3.38. The zero-order valence-corrected chi connectivity index (χ0v) is 24.8. The summed E-state index contributed by atoms with van der Waals surface area (Å²) in [6.45, 7) is 5.26. The Morgan fingerprint density at radius 1 is 1.17 bits per heavy atom. The van der Waals surface area contributed by atoms with Gasteiger partial charge in [-0.1, -0.05) is 19.1 Å². The van der Waals surface area contributed by atoms with E-state index >= 15 is 0 Å². The second-order valence-corrected chi connectivity index (χ2v) is 14.1. The molecule has 1 saturated heterocycles. The Morgan fingerprint density at radius 3 is 2.48 bits per heavy atom. The molecule has 1 aromatic carbocycles. The van der Waals surface area contributed by atoms with Crippen molar-refractivity contribution in [2.75, 3.05) is 18.8 Å². The predicted octanol–water partition coefficient (Wildman–Crippen LogP) is 5.48. The summed E-state index contributed by atoms with van der Waals surface area (Å²) >= 11 is 1.40. The number of fused-ring (bicyclic) bond motifs is 2. The molecule has 2 aromatic heterocycles. The van der Waals surface area contributed by atoms with Crippen molar-refractivity contribution in [3.05, 3.63) is 80.6 Å². The number of carbonyl (C=O) groups excluding carboxylic acids is 1. The van der Waals surface area contributed by atoms with Crippen LogP contribution in [0.1, 0.15) is 63.6 Å². The topological polar surface area (TPSA) is 88.6 Å². The zero-order chi connectivity index (χ0) is 30.3. The van der Waals surface area contributed by atoms with E-state index in [2.05, 4.69) is 10.3 Å². The Hall–Kier alpha value is -2.87. The Balaban J connectivity index is 1.24. The molecule has 5 rings (SSSR count). The molecule has 1 atom stereocenters. The summed E-state index contributed by atoms with van der Waals surface area (Å²) in [7, 11) is -3.29. The molecular weight excluding hydrogens is 594 g/mol. The van der Waals surface area contributed by atoms with Crippen LogP contribution >= 0.6 is 11.3 Å². The number of alkyl halides is 3. The van der Waals surface area contributed by atoms with Crippen molar-refractivity contribution < 1.29 is 35.5 Å². The highest BCUT2D eigenvalue weighted by molar-refractivity contribution is 7.91. The van der Waals surface area contributed by atoms with Crippen LogP contribution < -0.4 is 5.32 Å². The number of ether oxygens (including phenoxy) is 1. The number of rotatable bonds is 7. The number of thiophene rings is 1. The van der Waals surface area contributed by atoms with Crippen molar-refractivity contribution >= 4 is 27.1 Å². The molecule has 1 N–H and O–H groups in total. The lowest BCUT2D eigenvalue weighted by atomic mass is 9.84. The van der Waals surface area contributed by atoms with Crippen LogP contribution in [-0.2, 0) is 45.9 Å². The van der Waals surface area contributed by atoms with Gasteiger partial charge in [-0.05, 0) is 67.1 Å². The summed E-state index contributed by atoms with van der Waals surface area (Å²) < 4.78 is 83.1. The Morgan fingerprint density at radius 2 is 1.86 bits per heavy atom. The molecule has 1 amide bonds. The van der Waals surface area contributed by atoms with Gasteiger partial charge in [0.1, 0.15) is 5.60 Å². The van der Waals surface area contributed by atoms with Crippen molar-refractivity contribution in [1.29, 1.82) is 0 Å². The monoisotopic (exact) mass is 625 g/mol. The highest BCUT2D eigenvalue weighted by Crippen LogP contribution is 2.47. The van der Waals surface area contributed by atoms with E-state index in [-0.39, 0.29) is 35.7 Å². The first kappa shape index (κ1) is 30.6. The van der Waals surface area contributed by atoms with Gasteiger partial charge >= 0.3 is 6.18 Å². The normalized spacial score (nSPS) is 19.0. The maximum absolute atomic E-state index is 14.0. The number of hydrogen-bond donors (Lipinski definition) is 1. The van der Waals surface area contributed by atoms with Crippen LogP contribution in [0, 0.1) is 5.82 Å². The maximum atomic E-state index is 14.0. The molecule has 4 heterocycles. The molecule has 0 saturated carbocycles. The summed E-state index contributed by atoms with van der Waals surface area (Å²) in [6, 6.07) is 9.28. The Labute approximate surface area is 245 Å². The Kier molecular flexibility index (Phi) is 8.49. The summed E-state index contributed by atoms with van der Waals surface area (Å²) in [6.07, 6.45) is -1.91. The van der Waals surface area contributed by atoms with Gasteiger partial charge in [0.05, 0.1) is 21.6 Å². The Bertz CT molecular complexity index is 1560. The van der Waals surface area contributed by atoms with Crippen molar-refractivity contribution in [3.8, 4) is 0 Å². The SMILES string of the molecule is CCS(=O)(=O)c1ccc(CNC(=O)c2cc3c(s2)C2(CCN(Cc4cnc(C(F)(F)F)c(F)c4)CC2)O[C@H](C)C3)cc1. The minimum Gasteiger partial charge on any atom is -0.366 e. The van der Waals surface area contributed by atoms with E-state index in [1.165, 1.54) is 11.3 Å². The molecule has 7 nitrogen and oxygen atoms in total. The highest BCUT2D eigenvalue weighted by Gasteiger charge is 2.45. The zero-order valence-electron chi connectivity index (χ0n) is 23.1. The number of aromatic nitrogens is 1. The lowest BCUT2D eigenvalue weighted by molar-refractivity contribution is -0.143. The van der Waals surface area contributed by atoms with E-state index in [4.69, 9.17) is 4.74 Å². The van der Waals surface area contributed by atoms with Gasteiger partial charge in [-0.25, -0.2) is 17.8 Å². The van der Waals surface area contributed by atoms with Crippen molar-refractivity contribution in [3.63, 3.8) is 0 Å². The second-order valence-electron chi connectivity index (χ2n) is 10.8. The number of benzene rings is 1. The van der Waals surface area contributed by atoms with Gasteiger partial charge in [0.15, 0.2) is 21.3 Å². The quantitative estimate of drug-likeness (QED) is 0.350. The molecule has 1 spiro atoms. The summed E-state index contributed by atoms with van der Waals surface area (Å²) in [5, 5.41) is 2.92. The predicted molar refractivity (Wildman–Crippen MR) is 149 cm³/mol. The van der Waals surface area contributed by atoms with Gasteiger partial charge in [0.25, 0.3) is 5.91 Å². The van der Waals surface area contributed by atoms with Crippen LogP contribution in [0.5, 0.6) is 0 Å². The van der Waals surface area contributed by atoms with E-state index in [9.17, 15) is 30.8 Å². The molecule has 13 heteroatoms. The van der Waals surface area contributed by atoms with E-state index < -0.39 is 33.1 Å². The molecular formula is C29H31F4N3O4S2. The van der Waals surface area contributed by atoms with Gasteiger partial charge < -0.3 is 10.1 Å². The number of carbonyl (C=O) groups is 1. The summed E-state index contributed by atoms with van der Waals surface area (Å²) in [4.78, 5) is 20.2. The molecule has 0 unspecified atom stereocenters. The number of nitrogens with one attached hydrogen (secondary N) is 1. The maximum Gasteiger partial charge on any atom is 0.436 e. The smallest absolute Gasteiger partial charge is 0.366 e. The van der Waals surface area contributed by atoms with E-state index in [0.29, 0.717) is 42.8 Å². The van der Waals surface area contributed by atoms with Crippen LogP contribution in [0.3, 0.4) is 0 Å². The number of likely N-dealkylation sites (tertiary alicyclic amines) is 1. The van der Waals surface area contributed by atoms with Gasteiger partial charge in [0, 0.05) is 37.3 Å². The highest BCUT2D eigenvalue weighted by atomic mass is 32.2. The van der Waals surface area contributed by atoms with Crippen LogP contribution in [-0.4, -0.2) is 49.2 Å². The van der Waals surface area contributed by atoms with E-state index in [1.54, 1.807) is 31.2 Å². The molecule has 0 radical (unpaired) electrons. The van der Waals surface area contributed by atoms with Crippen LogP contribution in [0.4, 0.5) is 17.6 Å². The van der Waals surface area contributed by atoms with Gasteiger partial charge in [-0.15, -0.1) is 11.3 Å². The van der Waals surface area contributed by atoms with Gasteiger partial charge in [-0.2, -0.15) is 13.2 Å². The molecule has 2 aliphatic rings. The number of hydrogen-bond acceptors (Lipinski definition) is 7. The molecule has 3 aromatic rings. The van der Waals surface area contributed by atoms with Crippen molar-refractivity contribution in [2.24, 2.45) is 0 Å². The number of pyridine rings is 1. The third-order valence-corrected chi connectivity index (χ3v) is 10.8. The molecule has 1 fully saturated rings. The molecule has 42 heavy (non-hydrogen) atoms. The van der Waals surface area contributed by atoms with Crippen LogP contribution in [0.25, 0.3) is 0 Å². The molecule has 0 bridgehead atoms.